The molecule has 7 heteroatoms. The molecule has 7 nitrogen and oxygen atoms in total. The highest BCUT2D eigenvalue weighted by molar-refractivity contribution is 5.73. The third-order valence-electron chi connectivity index (χ3n) is 2.55. The van der Waals surface area contributed by atoms with Gasteiger partial charge in [0.05, 0.1) is 7.11 Å². The molecule has 0 bridgehead atoms. The molecule has 4 N–H and O–H groups in total. The molecule has 0 saturated carbocycles. The van der Waals surface area contributed by atoms with E-state index in [-0.39, 0.29) is 6.04 Å². The highest BCUT2D eigenvalue weighted by atomic mass is 16.5. The van der Waals surface area contributed by atoms with E-state index in [1.165, 1.54) is 7.11 Å². The van der Waals surface area contributed by atoms with Crippen molar-refractivity contribution in [2.24, 2.45) is 5.73 Å². The number of alkyl carbamates (subject to hydrolysis) is 1. The van der Waals surface area contributed by atoms with Crippen LogP contribution in [0.15, 0.2) is 0 Å². The number of nitrogens with two attached hydrogens (primary N) is 1. The molecule has 0 radical (unpaired) electrons. The first-order valence-corrected chi connectivity index (χ1v) is 5.08. The lowest BCUT2D eigenvalue weighted by Gasteiger charge is -2.18. The number of amides is 1. The molecule has 0 aromatic heterocycles. The van der Waals surface area contributed by atoms with Crippen molar-refractivity contribution in [1.82, 2.24) is 10.2 Å². The SMILES string of the molecule is COC(=O)NC1CCN(CC(N)C(=O)O)C1. The largest absolute Gasteiger partial charge is 0.480 e. The highest BCUT2D eigenvalue weighted by Gasteiger charge is 2.26. The van der Waals surface area contributed by atoms with Gasteiger partial charge in [0.15, 0.2) is 0 Å². The fourth-order valence-corrected chi connectivity index (χ4v) is 1.70. The average Bonchev–Trinajstić information content (AvgIpc) is 2.65. The Bertz CT molecular complexity index is 271. The molecule has 1 heterocycles. The van der Waals surface area contributed by atoms with Gasteiger partial charge in [0.2, 0.25) is 0 Å². The van der Waals surface area contributed by atoms with Crippen molar-refractivity contribution in [3.63, 3.8) is 0 Å². The molecule has 0 aromatic rings. The van der Waals surface area contributed by atoms with Crippen LogP contribution in [0.1, 0.15) is 6.42 Å². The van der Waals surface area contributed by atoms with E-state index in [4.69, 9.17) is 10.8 Å². The number of rotatable bonds is 4. The number of nitrogens with zero attached hydrogens (tertiary/aromatic N) is 1. The Morgan fingerprint density at radius 3 is 2.94 bits per heavy atom. The van der Waals surface area contributed by atoms with Gasteiger partial charge in [-0.3, -0.25) is 9.69 Å². The molecule has 1 rings (SSSR count). The quantitative estimate of drug-likeness (QED) is 0.563. The molecule has 2 unspecified atom stereocenters. The zero-order valence-electron chi connectivity index (χ0n) is 9.18. The summed E-state index contributed by atoms with van der Waals surface area (Å²) >= 11 is 0. The van der Waals surface area contributed by atoms with Crippen LogP contribution in [-0.2, 0) is 9.53 Å². The van der Waals surface area contributed by atoms with E-state index in [1.54, 1.807) is 0 Å². The first-order valence-electron chi connectivity index (χ1n) is 5.08. The predicted octanol–water partition coefficient (Wildman–Crippen LogP) is -1.17. The third kappa shape index (κ3) is 3.67. The lowest BCUT2D eigenvalue weighted by Crippen LogP contribution is -2.43. The first kappa shape index (κ1) is 12.7. The molecular weight excluding hydrogens is 214 g/mol. The molecule has 92 valence electrons. The van der Waals surface area contributed by atoms with Crippen molar-refractivity contribution in [1.29, 1.82) is 0 Å². The topological polar surface area (TPSA) is 105 Å². The fraction of sp³-hybridized carbons (Fsp3) is 0.778. The second-order valence-corrected chi connectivity index (χ2v) is 3.83. The van der Waals surface area contributed by atoms with Crippen molar-refractivity contribution in [3.8, 4) is 0 Å². The van der Waals surface area contributed by atoms with E-state index in [2.05, 4.69) is 10.1 Å². The number of methoxy groups -OCH3 is 1. The monoisotopic (exact) mass is 231 g/mol. The lowest BCUT2D eigenvalue weighted by atomic mass is 10.3. The summed E-state index contributed by atoms with van der Waals surface area (Å²) in [5.41, 5.74) is 5.42. The van der Waals surface area contributed by atoms with Crippen LogP contribution >= 0.6 is 0 Å². The number of hydrogen-bond acceptors (Lipinski definition) is 5. The molecule has 1 amide bonds. The van der Waals surface area contributed by atoms with Gasteiger partial charge in [-0.05, 0) is 6.42 Å². The summed E-state index contributed by atoms with van der Waals surface area (Å²) in [5.74, 6) is -1.01. The van der Waals surface area contributed by atoms with Crippen LogP contribution in [0, 0.1) is 0 Å². The fourth-order valence-electron chi connectivity index (χ4n) is 1.70. The Labute approximate surface area is 93.5 Å². The summed E-state index contributed by atoms with van der Waals surface area (Å²) in [7, 11) is 1.31. The molecule has 0 spiro atoms. The Kier molecular flexibility index (Phi) is 4.51. The lowest BCUT2D eigenvalue weighted by molar-refractivity contribution is -0.138. The van der Waals surface area contributed by atoms with Gasteiger partial charge in [-0.15, -0.1) is 0 Å². The molecule has 1 fully saturated rings. The van der Waals surface area contributed by atoms with Crippen molar-refractivity contribution in [2.45, 2.75) is 18.5 Å². The molecule has 1 aliphatic heterocycles. The summed E-state index contributed by atoms with van der Waals surface area (Å²) in [6, 6.07) is -0.870. The Balaban J connectivity index is 2.29. The van der Waals surface area contributed by atoms with E-state index in [1.807, 2.05) is 4.90 Å². The van der Waals surface area contributed by atoms with Crippen molar-refractivity contribution in [3.05, 3.63) is 0 Å². The average molecular weight is 231 g/mol. The maximum Gasteiger partial charge on any atom is 0.407 e. The summed E-state index contributed by atoms with van der Waals surface area (Å²) in [4.78, 5) is 23.4. The predicted molar refractivity (Wildman–Crippen MR) is 56.0 cm³/mol. The van der Waals surface area contributed by atoms with Gasteiger partial charge in [-0.2, -0.15) is 0 Å². The van der Waals surface area contributed by atoms with Gasteiger partial charge < -0.3 is 20.9 Å². The minimum absolute atomic E-state index is 0.00782. The van der Waals surface area contributed by atoms with E-state index in [0.29, 0.717) is 13.1 Å². The number of hydrogen-bond donors (Lipinski definition) is 3. The van der Waals surface area contributed by atoms with Crippen LogP contribution in [0.5, 0.6) is 0 Å². The normalized spacial score (nSPS) is 22.8. The number of likely N-dealkylation sites (tertiary alicyclic amines) is 1. The molecule has 2 atom stereocenters. The maximum atomic E-state index is 10.9. The van der Waals surface area contributed by atoms with E-state index in [9.17, 15) is 9.59 Å². The first-order chi connectivity index (χ1) is 7.52. The zero-order valence-corrected chi connectivity index (χ0v) is 9.18. The van der Waals surface area contributed by atoms with E-state index < -0.39 is 18.1 Å². The number of carboxylic acids is 1. The number of nitrogens with one attached hydrogen (secondary N) is 1. The minimum Gasteiger partial charge on any atom is -0.480 e. The van der Waals surface area contributed by atoms with Crippen LogP contribution in [0.4, 0.5) is 4.79 Å². The Morgan fingerprint density at radius 2 is 2.38 bits per heavy atom. The molecule has 1 aliphatic rings. The molecular formula is C9H17N3O4. The van der Waals surface area contributed by atoms with Crippen LogP contribution in [0.25, 0.3) is 0 Å². The minimum atomic E-state index is -1.01. The van der Waals surface area contributed by atoms with Crippen molar-refractivity contribution < 1.29 is 19.4 Å². The Hall–Kier alpha value is -1.34. The number of ether oxygens (including phenoxy) is 1. The number of carbonyl (C=O) groups is 2. The van der Waals surface area contributed by atoms with E-state index in [0.717, 1.165) is 13.0 Å². The third-order valence-corrected chi connectivity index (χ3v) is 2.55. The molecule has 1 saturated heterocycles. The van der Waals surface area contributed by atoms with Gasteiger partial charge in [0.25, 0.3) is 0 Å². The molecule has 0 aromatic carbocycles. The second kappa shape index (κ2) is 5.66. The summed E-state index contributed by atoms with van der Waals surface area (Å²) in [6.45, 7) is 1.64. The second-order valence-electron chi connectivity index (χ2n) is 3.83. The van der Waals surface area contributed by atoms with Crippen molar-refractivity contribution in [2.75, 3.05) is 26.7 Å². The standard InChI is InChI=1S/C9H17N3O4/c1-16-9(15)11-6-2-3-12(4-6)5-7(10)8(13)14/h6-7H,2-5,10H2,1H3,(H,11,15)(H,13,14). The van der Waals surface area contributed by atoms with Crippen LogP contribution < -0.4 is 11.1 Å². The van der Waals surface area contributed by atoms with Crippen LogP contribution in [-0.4, -0.2) is 60.9 Å². The van der Waals surface area contributed by atoms with Gasteiger partial charge >= 0.3 is 12.1 Å². The Morgan fingerprint density at radius 1 is 1.69 bits per heavy atom. The number of carboxylic acid groups (broad SMARTS) is 1. The van der Waals surface area contributed by atoms with E-state index >= 15 is 0 Å². The van der Waals surface area contributed by atoms with Crippen molar-refractivity contribution >= 4 is 12.1 Å². The zero-order chi connectivity index (χ0) is 12.1. The van der Waals surface area contributed by atoms with Gasteiger partial charge in [-0.25, -0.2) is 4.79 Å². The number of carbonyl (C=O) groups excluding carboxylic acids is 1. The summed E-state index contributed by atoms with van der Waals surface area (Å²) in [5, 5.41) is 11.3. The smallest absolute Gasteiger partial charge is 0.407 e. The van der Waals surface area contributed by atoms with Gasteiger partial charge in [0.1, 0.15) is 6.04 Å². The molecule has 0 aliphatic carbocycles. The summed E-state index contributed by atoms with van der Waals surface area (Å²) < 4.78 is 4.48. The van der Waals surface area contributed by atoms with Gasteiger partial charge in [-0.1, -0.05) is 0 Å². The van der Waals surface area contributed by atoms with Crippen LogP contribution in [0.3, 0.4) is 0 Å². The van der Waals surface area contributed by atoms with Crippen LogP contribution in [0.2, 0.25) is 0 Å². The highest BCUT2D eigenvalue weighted by Crippen LogP contribution is 2.09. The number of aliphatic carboxylic acids is 1. The summed E-state index contributed by atoms with van der Waals surface area (Å²) in [6.07, 6.45) is 0.316. The maximum absolute atomic E-state index is 10.9. The molecule has 16 heavy (non-hydrogen) atoms. The van der Waals surface area contributed by atoms with Gasteiger partial charge in [0, 0.05) is 25.7 Å².